The van der Waals surface area contributed by atoms with Gasteiger partial charge in [0.2, 0.25) is 5.91 Å². The van der Waals surface area contributed by atoms with Crippen LogP contribution in [0.4, 0.5) is 0 Å². The van der Waals surface area contributed by atoms with Gasteiger partial charge in [-0.25, -0.2) is 8.42 Å². The number of amides is 1. The molecule has 1 amide bonds. The molecule has 2 saturated heterocycles. The fourth-order valence-electron chi connectivity index (χ4n) is 3.38. The summed E-state index contributed by atoms with van der Waals surface area (Å²) in [4.78, 5) is 16.3. The van der Waals surface area contributed by atoms with Crippen LogP contribution in [0.25, 0.3) is 0 Å². The lowest BCUT2D eigenvalue weighted by atomic mass is 10.1. The molecular formula is C15H24N4O4S. The number of piperazine rings is 1. The number of aliphatic hydroxyl groups excluding tert-OH is 1. The second kappa shape index (κ2) is 7.20. The Morgan fingerprint density at radius 1 is 1.25 bits per heavy atom. The highest BCUT2D eigenvalue weighted by Gasteiger charge is 2.36. The lowest BCUT2D eigenvalue weighted by Gasteiger charge is -2.36. The number of aromatic nitrogens is 2. The van der Waals surface area contributed by atoms with E-state index in [0.717, 1.165) is 0 Å². The van der Waals surface area contributed by atoms with Gasteiger partial charge in [-0.05, 0) is 12.5 Å². The van der Waals surface area contributed by atoms with Gasteiger partial charge in [0.15, 0.2) is 9.84 Å². The molecule has 2 aliphatic heterocycles. The molecule has 0 aliphatic carbocycles. The van der Waals surface area contributed by atoms with Gasteiger partial charge >= 0.3 is 0 Å². The van der Waals surface area contributed by atoms with Crippen LogP contribution in [0.5, 0.6) is 0 Å². The third kappa shape index (κ3) is 4.34. The Labute approximate surface area is 142 Å². The standard InChI is InChI=1S/C15H24N4O4S/c20-14(11-19-4-1-3-16-19)10-17-5-7-18(8-6-17)15(21)13-2-9-24(22,23)12-13/h1,3-4,13-14,20H,2,5-12H2/t13-,14+/m1/s1. The van der Waals surface area contributed by atoms with Gasteiger partial charge in [0.25, 0.3) is 0 Å². The molecule has 1 aromatic heterocycles. The molecule has 1 N–H and O–H groups in total. The highest BCUT2D eigenvalue weighted by atomic mass is 32.2. The van der Waals surface area contributed by atoms with E-state index in [9.17, 15) is 18.3 Å². The van der Waals surface area contributed by atoms with Gasteiger partial charge in [-0.3, -0.25) is 14.4 Å². The predicted molar refractivity (Wildman–Crippen MR) is 88.0 cm³/mol. The predicted octanol–water partition coefficient (Wildman–Crippen LogP) is -1.18. The number of hydrogen-bond donors (Lipinski definition) is 1. The largest absolute Gasteiger partial charge is 0.390 e. The van der Waals surface area contributed by atoms with Crippen molar-refractivity contribution in [3.05, 3.63) is 18.5 Å². The molecule has 0 aromatic carbocycles. The maximum absolute atomic E-state index is 12.4. The zero-order valence-corrected chi connectivity index (χ0v) is 14.4. The molecule has 0 radical (unpaired) electrons. The van der Waals surface area contributed by atoms with Crippen LogP contribution >= 0.6 is 0 Å². The van der Waals surface area contributed by atoms with Crippen molar-refractivity contribution >= 4 is 15.7 Å². The molecule has 9 heteroatoms. The summed E-state index contributed by atoms with van der Waals surface area (Å²) in [5.41, 5.74) is 0. The van der Waals surface area contributed by atoms with Crippen LogP contribution in [0.1, 0.15) is 6.42 Å². The van der Waals surface area contributed by atoms with Crippen LogP contribution in [-0.2, 0) is 21.2 Å². The molecule has 3 rings (SSSR count). The highest BCUT2D eigenvalue weighted by molar-refractivity contribution is 7.91. The van der Waals surface area contributed by atoms with E-state index in [1.165, 1.54) is 0 Å². The van der Waals surface area contributed by atoms with Gasteiger partial charge in [-0.15, -0.1) is 0 Å². The summed E-state index contributed by atoms with van der Waals surface area (Å²) in [6.07, 6.45) is 3.44. The van der Waals surface area contributed by atoms with E-state index in [-0.39, 0.29) is 23.3 Å². The van der Waals surface area contributed by atoms with Crippen LogP contribution in [0, 0.1) is 5.92 Å². The summed E-state index contributed by atoms with van der Waals surface area (Å²) in [5, 5.41) is 14.2. The number of β-amino-alcohol motifs (C(OH)–C–C–N with tert-alkyl or cyclic N) is 1. The zero-order chi connectivity index (χ0) is 17.2. The Balaban J connectivity index is 1.43. The van der Waals surface area contributed by atoms with Crippen molar-refractivity contribution < 1.29 is 18.3 Å². The Morgan fingerprint density at radius 2 is 2.00 bits per heavy atom. The molecule has 2 fully saturated rings. The fraction of sp³-hybridized carbons (Fsp3) is 0.733. The lowest BCUT2D eigenvalue weighted by molar-refractivity contribution is -0.136. The zero-order valence-electron chi connectivity index (χ0n) is 13.6. The molecule has 2 aliphatic rings. The number of carbonyl (C=O) groups is 1. The SMILES string of the molecule is O=C([C@@H]1CCS(=O)(=O)C1)N1CCN(C[C@H](O)Cn2cccn2)CC1. The normalized spacial score (nSPS) is 25.7. The van der Waals surface area contributed by atoms with E-state index in [0.29, 0.717) is 45.7 Å². The first-order valence-corrected chi connectivity index (χ1v) is 10.1. The van der Waals surface area contributed by atoms with Crippen LogP contribution in [-0.4, -0.2) is 89.3 Å². The van der Waals surface area contributed by atoms with Crippen molar-refractivity contribution in [2.45, 2.75) is 19.1 Å². The van der Waals surface area contributed by atoms with E-state index >= 15 is 0 Å². The number of hydrogen-bond acceptors (Lipinski definition) is 6. The van der Waals surface area contributed by atoms with Crippen LogP contribution in [0.3, 0.4) is 0 Å². The van der Waals surface area contributed by atoms with Crippen LogP contribution < -0.4 is 0 Å². The number of aliphatic hydroxyl groups is 1. The third-order valence-corrected chi connectivity index (χ3v) is 6.46. The van der Waals surface area contributed by atoms with Crippen molar-refractivity contribution in [1.82, 2.24) is 19.6 Å². The quantitative estimate of drug-likeness (QED) is 0.714. The van der Waals surface area contributed by atoms with E-state index < -0.39 is 15.9 Å². The smallest absolute Gasteiger partial charge is 0.226 e. The van der Waals surface area contributed by atoms with Crippen molar-refractivity contribution in [3.63, 3.8) is 0 Å². The van der Waals surface area contributed by atoms with Crippen molar-refractivity contribution in [2.24, 2.45) is 5.92 Å². The first kappa shape index (κ1) is 17.4. The van der Waals surface area contributed by atoms with E-state index in [1.807, 2.05) is 12.3 Å². The summed E-state index contributed by atoms with van der Waals surface area (Å²) < 4.78 is 24.7. The van der Waals surface area contributed by atoms with Gasteiger partial charge in [-0.1, -0.05) is 0 Å². The highest BCUT2D eigenvalue weighted by Crippen LogP contribution is 2.21. The molecule has 1 aromatic rings. The maximum Gasteiger partial charge on any atom is 0.226 e. The first-order chi connectivity index (χ1) is 11.4. The minimum absolute atomic E-state index is 0.00533. The van der Waals surface area contributed by atoms with Gasteiger partial charge in [0, 0.05) is 45.1 Å². The Hall–Kier alpha value is -1.45. The van der Waals surface area contributed by atoms with Crippen molar-refractivity contribution in [1.29, 1.82) is 0 Å². The number of nitrogens with zero attached hydrogens (tertiary/aromatic N) is 4. The summed E-state index contributed by atoms with van der Waals surface area (Å²) in [5.74, 6) is -0.280. The number of sulfone groups is 1. The lowest BCUT2D eigenvalue weighted by Crippen LogP contribution is -2.52. The molecule has 0 saturated carbocycles. The molecule has 3 heterocycles. The monoisotopic (exact) mass is 356 g/mol. The van der Waals surface area contributed by atoms with Gasteiger partial charge < -0.3 is 10.0 Å². The van der Waals surface area contributed by atoms with Crippen LogP contribution in [0.15, 0.2) is 18.5 Å². The van der Waals surface area contributed by atoms with E-state index in [1.54, 1.807) is 15.8 Å². The second-order valence-electron chi connectivity index (χ2n) is 6.61. The molecule has 24 heavy (non-hydrogen) atoms. The third-order valence-electron chi connectivity index (χ3n) is 4.69. The Kier molecular flexibility index (Phi) is 5.21. The van der Waals surface area contributed by atoms with Gasteiger partial charge in [-0.2, -0.15) is 5.10 Å². The van der Waals surface area contributed by atoms with Crippen molar-refractivity contribution in [3.8, 4) is 0 Å². The minimum Gasteiger partial charge on any atom is -0.390 e. The summed E-state index contributed by atoms with van der Waals surface area (Å²) in [6, 6.07) is 1.82. The maximum atomic E-state index is 12.4. The molecule has 0 spiro atoms. The van der Waals surface area contributed by atoms with Gasteiger partial charge in [0.1, 0.15) is 0 Å². The number of carbonyl (C=O) groups excluding carboxylic acids is 1. The minimum atomic E-state index is -3.03. The summed E-state index contributed by atoms with van der Waals surface area (Å²) in [7, 11) is -3.03. The average molecular weight is 356 g/mol. The Bertz CT molecular complexity index is 653. The number of rotatable bonds is 5. The van der Waals surface area contributed by atoms with Gasteiger partial charge in [0.05, 0.1) is 30.1 Å². The van der Waals surface area contributed by atoms with Crippen LogP contribution in [0.2, 0.25) is 0 Å². The molecular weight excluding hydrogens is 332 g/mol. The average Bonchev–Trinajstić information content (AvgIpc) is 3.16. The fourth-order valence-corrected chi connectivity index (χ4v) is 5.11. The Morgan fingerprint density at radius 3 is 2.58 bits per heavy atom. The molecule has 0 unspecified atom stereocenters. The van der Waals surface area contributed by atoms with Crippen molar-refractivity contribution in [2.75, 3.05) is 44.2 Å². The van der Waals surface area contributed by atoms with E-state index in [4.69, 9.17) is 0 Å². The first-order valence-electron chi connectivity index (χ1n) is 8.30. The molecule has 0 bridgehead atoms. The topological polar surface area (TPSA) is 95.7 Å². The second-order valence-corrected chi connectivity index (χ2v) is 8.84. The van der Waals surface area contributed by atoms with E-state index in [2.05, 4.69) is 10.00 Å². The molecule has 8 nitrogen and oxygen atoms in total. The molecule has 134 valence electrons. The summed E-state index contributed by atoms with van der Waals surface area (Å²) >= 11 is 0. The summed E-state index contributed by atoms with van der Waals surface area (Å²) in [6.45, 7) is 3.56. The molecule has 2 atom stereocenters.